The summed E-state index contributed by atoms with van der Waals surface area (Å²) in [6.07, 6.45) is 0. The molecule has 0 spiro atoms. The first-order valence-electron chi connectivity index (χ1n) is 6.51. The highest BCUT2D eigenvalue weighted by molar-refractivity contribution is 7.89. The molecule has 2 aromatic rings. The van der Waals surface area contributed by atoms with Crippen LogP contribution in [0.1, 0.15) is 10.4 Å². The number of ether oxygens (including phenoxy) is 2. The molecule has 0 aromatic heterocycles. The van der Waals surface area contributed by atoms with Crippen LogP contribution in [-0.4, -0.2) is 28.5 Å². The highest BCUT2D eigenvalue weighted by Gasteiger charge is 2.13. The maximum absolute atomic E-state index is 12.3. The summed E-state index contributed by atoms with van der Waals surface area (Å²) in [5, 5.41) is 7.71. The molecule has 0 saturated carbocycles. The number of methoxy groups -OCH3 is 2. The van der Waals surface area contributed by atoms with E-state index >= 15 is 0 Å². The van der Waals surface area contributed by atoms with Gasteiger partial charge in [0.1, 0.15) is 11.5 Å². The summed E-state index contributed by atoms with van der Waals surface area (Å²) in [5.74, 6) is 0.543. The molecule has 2 aromatic carbocycles. The fourth-order valence-electron chi connectivity index (χ4n) is 1.90. The lowest BCUT2D eigenvalue weighted by Crippen LogP contribution is -2.15. The second-order valence-corrected chi connectivity index (χ2v) is 6.19. The molecule has 0 saturated heterocycles. The number of amides is 1. The van der Waals surface area contributed by atoms with Crippen molar-refractivity contribution in [3.63, 3.8) is 0 Å². The lowest BCUT2D eigenvalue weighted by atomic mass is 10.2. The van der Waals surface area contributed by atoms with E-state index in [9.17, 15) is 13.2 Å². The van der Waals surface area contributed by atoms with Crippen LogP contribution >= 0.6 is 0 Å². The van der Waals surface area contributed by atoms with Crippen LogP contribution in [0.2, 0.25) is 0 Å². The van der Waals surface area contributed by atoms with Crippen molar-refractivity contribution in [3.8, 4) is 11.5 Å². The Kier molecular flexibility index (Phi) is 4.87. The Labute approximate surface area is 134 Å². The van der Waals surface area contributed by atoms with Crippen molar-refractivity contribution >= 4 is 21.6 Å². The normalized spacial score (nSPS) is 10.9. The van der Waals surface area contributed by atoms with Crippen molar-refractivity contribution in [3.05, 3.63) is 48.0 Å². The Hall–Kier alpha value is -2.58. The van der Waals surface area contributed by atoms with Gasteiger partial charge in [0.05, 0.1) is 19.1 Å². The van der Waals surface area contributed by atoms with E-state index in [0.29, 0.717) is 17.2 Å². The predicted molar refractivity (Wildman–Crippen MR) is 85.3 cm³/mol. The Morgan fingerprint density at radius 1 is 1.04 bits per heavy atom. The van der Waals surface area contributed by atoms with Gasteiger partial charge in [0.15, 0.2) is 0 Å². The minimum atomic E-state index is -3.87. The number of nitrogens with two attached hydrogens (primary N) is 1. The molecule has 0 aliphatic carbocycles. The van der Waals surface area contributed by atoms with Gasteiger partial charge in [0, 0.05) is 29.4 Å². The molecule has 0 bridgehead atoms. The van der Waals surface area contributed by atoms with E-state index in [-0.39, 0.29) is 10.5 Å². The number of sulfonamides is 1. The van der Waals surface area contributed by atoms with Gasteiger partial charge in [0.25, 0.3) is 5.91 Å². The zero-order valence-electron chi connectivity index (χ0n) is 12.6. The van der Waals surface area contributed by atoms with E-state index in [2.05, 4.69) is 5.32 Å². The van der Waals surface area contributed by atoms with Gasteiger partial charge in [-0.1, -0.05) is 6.07 Å². The summed E-state index contributed by atoms with van der Waals surface area (Å²) >= 11 is 0. The number of hydrogen-bond acceptors (Lipinski definition) is 5. The summed E-state index contributed by atoms with van der Waals surface area (Å²) in [7, 11) is -0.881. The van der Waals surface area contributed by atoms with Crippen LogP contribution in [0.25, 0.3) is 0 Å². The van der Waals surface area contributed by atoms with Crippen molar-refractivity contribution in [2.24, 2.45) is 5.14 Å². The van der Waals surface area contributed by atoms with Crippen molar-refractivity contribution in [2.75, 3.05) is 19.5 Å². The molecular formula is C15H16N2O5S. The molecule has 0 aliphatic heterocycles. The summed E-state index contributed by atoms with van der Waals surface area (Å²) in [6, 6.07) is 10.4. The van der Waals surface area contributed by atoms with E-state index < -0.39 is 15.9 Å². The zero-order valence-corrected chi connectivity index (χ0v) is 13.4. The molecule has 122 valence electrons. The monoisotopic (exact) mass is 336 g/mol. The van der Waals surface area contributed by atoms with Crippen LogP contribution in [-0.2, 0) is 10.0 Å². The van der Waals surface area contributed by atoms with Gasteiger partial charge in [-0.3, -0.25) is 4.79 Å². The van der Waals surface area contributed by atoms with Crippen LogP contribution in [0.3, 0.4) is 0 Å². The van der Waals surface area contributed by atoms with E-state index in [4.69, 9.17) is 14.6 Å². The number of anilines is 1. The molecule has 0 radical (unpaired) electrons. The topological polar surface area (TPSA) is 108 Å². The van der Waals surface area contributed by atoms with Crippen LogP contribution in [0, 0.1) is 0 Å². The Bertz CT molecular complexity index is 811. The third-order valence-corrected chi connectivity index (χ3v) is 3.95. The maximum Gasteiger partial charge on any atom is 0.255 e. The standard InChI is InChI=1S/C15H16N2O5S/c1-21-12-7-11(8-13(9-12)22-2)17-15(18)10-4-3-5-14(6-10)23(16,19)20/h3-9H,1-2H3,(H,17,18)(H2,16,19,20). The number of carbonyl (C=O) groups is 1. The second kappa shape index (κ2) is 6.67. The first kappa shape index (κ1) is 16.8. The molecule has 2 rings (SSSR count). The SMILES string of the molecule is COc1cc(NC(=O)c2cccc(S(N)(=O)=O)c2)cc(OC)c1. The number of nitrogens with one attached hydrogen (secondary N) is 1. The number of hydrogen-bond donors (Lipinski definition) is 2. The second-order valence-electron chi connectivity index (χ2n) is 4.63. The molecule has 0 unspecified atom stereocenters. The quantitative estimate of drug-likeness (QED) is 0.862. The van der Waals surface area contributed by atoms with Gasteiger partial charge in [-0.2, -0.15) is 0 Å². The average molecular weight is 336 g/mol. The molecule has 0 fully saturated rings. The van der Waals surface area contributed by atoms with Crippen molar-refractivity contribution in [1.82, 2.24) is 0 Å². The Morgan fingerprint density at radius 3 is 2.17 bits per heavy atom. The summed E-state index contributed by atoms with van der Waals surface area (Å²) in [6.45, 7) is 0. The Morgan fingerprint density at radius 2 is 1.65 bits per heavy atom. The molecule has 0 aliphatic rings. The number of primary sulfonamides is 1. The third-order valence-electron chi connectivity index (χ3n) is 3.03. The van der Waals surface area contributed by atoms with Crippen molar-refractivity contribution < 1.29 is 22.7 Å². The van der Waals surface area contributed by atoms with Gasteiger partial charge in [-0.05, 0) is 18.2 Å². The van der Waals surface area contributed by atoms with Crippen LogP contribution in [0.4, 0.5) is 5.69 Å². The highest BCUT2D eigenvalue weighted by atomic mass is 32.2. The van der Waals surface area contributed by atoms with E-state index in [1.165, 1.54) is 38.5 Å². The minimum Gasteiger partial charge on any atom is -0.497 e. The average Bonchev–Trinajstić information content (AvgIpc) is 2.53. The molecule has 23 heavy (non-hydrogen) atoms. The molecule has 0 atom stereocenters. The first-order chi connectivity index (χ1) is 10.8. The van der Waals surface area contributed by atoms with Crippen LogP contribution in [0.15, 0.2) is 47.4 Å². The van der Waals surface area contributed by atoms with Crippen molar-refractivity contribution in [2.45, 2.75) is 4.90 Å². The number of benzene rings is 2. The van der Waals surface area contributed by atoms with Gasteiger partial charge >= 0.3 is 0 Å². The Balaban J connectivity index is 2.29. The van der Waals surface area contributed by atoms with Gasteiger partial charge in [-0.15, -0.1) is 0 Å². The highest BCUT2D eigenvalue weighted by Crippen LogP contribution is 2.26. The van der Waals surface area contributed by atoms with Crippen LogP contribution < -0.4 is 19.9 Å². The zero-order chi connectivity index (χ0) is 17.0. The maximum atomic E-state index is 12.3. The fraction of sp³-hybridized carbons (Fsp3) is 0.133. The van der Waals surface area contributed by atoms with E-state index in [1.54, 1.807) is 18.2 Å². The minimum absolute atomic E-state index is 0.131. The van der Waals surface area contributed by atoms with Gasteiger partial charge in [0.2, 0.25) is 10.0 Å². The molecule has 0 heterocycles. The lowest BCUT2D eigenvalue weighted by molar-refractivity contribution is 0.102. The largest absolute Gasteiger partial charge is 0.497 e. The lowest BCUT2D eigenvalue weighted by Gasteiger charge is -2.10. The summed E-state index contributed by atoms with van der Waals surface area (Å²) in [4.78, 5) is 12.1. The fourth-order valence-corrected chi connectivity index (χ4v) is 2.46. The molecule has 1 amide bonds. The number of carbonyl (C=O) groups excluding carboxylic acids is 1. The third kappa shape index (κ3) is 4.21. The van der Waals surface area contributed by atoms with E-state index in [0.717, 1.165) is 0 Å². The smallest absolute Gasteiger partial charge is 0.255 e. The van der Waals surface area contributed by atoms with Crippen LogP contribution in [0.5, 0.6) is 11.5 Å². The van der Waals surface area contributed by atoms with E-state index in [1.807, 2.05) is 0 Å². The summed E-state index contributed by atoms with van der Waals surface area (Å²) < 4.78 is 32.9. The van der Waals surface area contributed by atoms with Crippen molar-refractivity contribution in [1.29, 1.82) is 0 Å². The summed E-state index contributed by atoms with van der Waals surface area (Å²) in [5.41, 5.74) is 0.616. The van der Waals surface area contributed by atoms with Gasteiger partial charge < -0.3 is 14.8 Å². The molecular weight excluding hydrogens is 320 g/mol. The predicted octanol–water partition coefficient (Wildman–Crippen LogP) is 1.60. The van der Waals surface area contributed by atoms with Gasteiger partial charge in [-0.25, -0.2) is 13.6 Å². The molecule has 8 heteroatoms. The first-order valence-corrected chi connectivity index (χ1v) is 8.05. The molecule has 3 N–H and O–H groups in total. The molecule has 7 nitrogen and oxygen atoms in total. The number of rotatable bonds is 5.